The highest BCUT2D eigenvalue weighted by molar-refractivity contribution is 6.01. The molecular formula is C19H23N3O4. The molecule has 1 aromatic carbocycles. The highest BCUT2D eigenvalue weighted by Gasteiger charge is 2.15. The number of benzene rings is 1. The van der Waals surface area contributed by atoms with E-state index in [9.17, 15) is 9.59 Å². The number of carbonyl (C=O) groups is 2. The van der Waals surface area contributed by atoms with Crippen LogP contribution in [0.15, 0.2) is 30.3 Å². The lowest BCUT2D eigenvalue weighted by Crippen LogP contribution is -2.21. The first-order valence-electron chi connectivity index (χ1n) is 8.40. The molecule has 0 saturated heterocycles. The molecule has 0 aliphatic rings. The third-order valence-corrected chi connectivity index (χ3v) is 3.57. The van der Waals surface area contributed by atoms with Gasteiger partial charge in [0.2, 0.25) is 0 Å². The van der Waals surface area contributed by atoms with Crippen LogP contribution in [0.4, 0.5) is 16.2 Å². The van der Waals surface area contributed by atoms with Crippen LogP contribution in [0.3, 0.4) is 0 Å². The summed E-state index contributed by atoms with van der Waals surface area (Å²) >= 11 is 0. The Bertz CT molecular complexity index is 788. The van der Waals surface area contributed by atoms with Gasteiger partial charge in [0.25, 0.3) is 0 Å². The third-order valence-electron chi connectivity index (χ3n) is 3.57. The van der Waals surface area contributed by atoms with E-state index in [1.165, 1.54) is 0 Å². The van der Waals surface area contributed by atoms with Crippen molar-refractivity contribution in [1.82, 2.24) is 4.98 Å². The smallest absolute Gasteiger partial charge is 0.340 e. The molecule has 0 aliphatic carbocycles. The van der Waals surface area contributed by atoms with Crippen LogP contribution < -0.4 is 15.4 Å². The van der Waals surface area contributed by atoms with Crippen LogP contribution in [-0.4, -0.2) is 30.2 Å². The number of nitrogens with one attached hydrogen (secondary N) is 2. The van der Waals surface area contributed by atoms with Crippen LogP contribution in [0.1, 0.15) is 35.6 Å². The van der Waals surface area contributed by atoms with Gasteiger partial charge >= 0.3 is 12.0 Å². The van der Waals surface area contributed by atoms with Gasteiger partial charge in [0.05, 0.1) is 35.9 Å². The normalized spacial score (nSPS) is 10.2. The number of pyridine rings is 1. The van der Waals surface area contributed by atoms with Gasteiger partial charge in [-0.2, -0.15) is 0 Å². The van der Waals surface area contributed by atoms with Crippen molar-refractivity contribution in [2.24, 2.45) is 0 Å². The molecule has 2 amide bonds. The fraction of sp³-hybridized carbons (Fsp3) is 0.316. The van der Waals surface area contributed by atoms with Crippen LogP contribution in [0.25, 0.3) is 0 Å². The lowest BCUT2D eigenvalue weighted by molar-refractivity contribution is 0.0525. The van der Waals surface area contributed by atoms with Crippen molar-refractivity contribution >= 4 is 23.4 Å². The van der Waals surface area contributed by atoms with Crippen molar-refractivity contribution in [2.45, 2.75) is 27.7 Å². The molecule has 7 heteroatoms. The highest BCUT2D eigenvalue weighted by Crippen LogP contribution is 2.20. The fourth-order valence-corrected chi connectivity index (χ4v) is 2.35. The fourth-order valence-electron chi connectivity index (χ4n) is 2.35. The van der Waals surface area contributed by atoms with Gasteiger partial charge in [-0.15, -0.1) is 0 Å². The molecule has 2 N–H and O–H groups in total. The van der Waals surface area contributed by atoms with E-state index in [0.717, 1.165) is 5.75 Å². The number of urea groups is 1. The van der Waals surface area contributed by atoms with E-state index in [4.69, 9.17) is 9.47 Å². The molecule has 1 heterocycles. The molecule has 0 unspecified atom stereocenters. The van der Waals surface area contributed by atoms with Gasteiger partial charge in [-0.3, -0.25) is 4.98 Å². The molecule has 7 nitrogen and oxygen atoms in total. The summed E-state index contributed by atoms with van der Waals surface area (Å²) in [6.07, 6.45) is 0. The summed E-state index contributed by atoms with van der Waals surface area (Å²) in [6, 6.07) is 8.18. The predicted molar refractivity (Wildman–Crippen MR) is 99.9 cm³/mol. The molecule has 0 aliphatic heterocycles. The number of carbonyl (C=O) groups excluding carboxylic acids is 2. The number of nitrogens with zero attached hydrogens (tertiary/aromatic N) is 1. The van der Waals surface area contributed by atoms with E-state index >= 15 is 0 Å². The second kappa shape index (κ2) is 8.84. The van der Waals surface area contributed by atoms with Crippen LogP contribution in [0.5, 0.6) is 5.75 Å². The van der Waals surface area contributed by atoms with E-state index < -0.39 is 12.0 Å². The van der Waals surface area contributed by atoms with Crippen molar-refractivity contribution in [2.75, 3.05) is 23.8 Å². The maximum absolute atomic E-state index is 12.2. The Kier molecular flexibility index (Phi) is 6.54. The number of hydrogen-bond acceptors (Lipinski definition) is 5. The van der Waals surface area contributed by atoms with Gasteiger partial charge in [0, 0.05) is 5.69 Å². The molecule has 1 aromatic heterocycles. The Morgan fingerprint density at radius 1 is 1.00 bits per heavy atom. The van der Waals surface area contributed by atoms with Crippen LogP contribution >= 0.6 is 0 Å². The van der Waals surface area contributed by atoms with Gasteiger partial charge in [0.15, 0.2) is 0 Å². The molecule has 0 atom stereocenters. The lowest BCUT2D eigenvalue weighted by atomic mass is 10.1. The molecule has 0 radical (unpaired) electrons. The third kappa shape index (κ3) is 4.95. The quantitative estimate of drug-likeness (QED) is 0.765. The maximum atomic E-state index is 12.2. The van der Waals surface area contributed by atoms with E-state index in [1.54, 1.807) is 51.1 Å². The Morgan fingerprint density at radius 2 is 1.69 bits per heavy atom. The van der Waals surface area contributed by atoms with E-state index in [0.29, 0.717) is 34.9 Å². The van der Waals surface area contributed by atoms with Crippen molar-refractivity contribution in [3.63, 3.8) is 0 Å². The number of aryl methyl sites for hydroxylation is 2. The van der Waals surface area contributed by atoms with E-state index in [1.807, 2.05) is 6.92 Å². The first kappa shape index (κ1) is 19.2. The zero-order valence-corrected chi connectivity index (χ0v) is 15.4. The topological polar surface area (TPSA) is 89.5 Å². The van der Waals surface area contributed by atoms with Gasteiger partial charge in [-0.05, 0) is 58.0 Å². The van der Waals surface area contributed by atoms with E-state index in [2.05, 4.69) is 15.6 Å². The number of anilines is 2. The monoisotopic (exact) mass is 357 g/mol. The number of hydrogen-bond donors (Lipinski definition) is 2. The summed E-state index contributed by atoms with van der Waals surface area (Å²) in [6.45, 7) is 7.97. The van der Waals surface area contributed by atoms with Crippen LogP contribution in [-0.2, 0) is 4.74 Å². The zero-order chi connectivity index (χ0) is 19.1. The standard InChI is InChI=1S/C19H23N3O4/c1-5-25-15-9-7-14(8-10-15)21-19(24)22-17-11-16(18(23)26-6-2)12(3)20-13(17)4/h7-11H,5-6H2,1-4H3,(H2,21,22,24). The molecular weight excluding hydrogens is 334 g/mol. The summed E-state index contributed by atoms with van der Waals surface area (Å²) < 4.78 is 10.4. The Hall–Kier alpha value is -3.09. The molecule has 0 saturated carbocycles. The molecule has 0 spiro atoms. The minimum absolute atomic E-state index is 0.271. The number of esters is 1. The van der Waals surface area contributed by atoms with Gasteiger partial charge < -0.3 is 20.1 Å². The van der Waals surface area contributed by atoms with Crippen LogP contribution in [0, 0.1) is 13.8 Å². The first-order chi connectivity index (χ1) is 12.4. The minimum atomic E-state index is -0.465. The Balaban J connectivity index is 2.10. The molecule has 26 heavy (non-hydrogen) atoms. The van der Waals surface area contributed by atoms with Gasteiger partial charge in [-0.1, -0.05) is 0 Å². The number of aromatic nitrogens is 1. The van der Waals surface area contributed by atoms with Crippen molar-refractivity contribution in [3.8, 4) is 5.75 Å². The number of amides is 2. The average Bonchev–Trinajstić information content (AvgIpc) is 2.59. The molecule has 138 valence electrons. The zero-order valence-electron chi connectivity index (χ0n) is 15.4. The lowest BCUT2D eigenvalue weighted by Gasteiger charge is -2.13. The summed E-state index contributed by atoms with van der Waals surface area (Å²) in [5.74, 6) is 0.267. The molecule has 0 bridgehead atoms. The average molecular weight is 357 g/mol. The SMILES string of the molecule is CCOC(=O)c1cc(NC(=O)Nc2ccc(OCC)cc2)c(C)nc1C. The predicted octanol–water partition coefficient (Wildman–Crippen LogP) is 3.92. The number of ether oxygens (including phenoxy) is 2. The largest absolute Gasteiger partial charge is 0.494 e. The van der Waals surface area contributed by atoms with Crippen LogP contribution in [0.2, 0.25) is 0 Å². The Labute approximate surface area is 152 Å². The van der Waals surface area contributed by atoms with Crippen molar-refractivity contribution in [3.05, 3.63) is 47.3 Å². The molecule has 2 aromatic rings. The first-order valence-corrected chi connectivity index (χ1v) is 8.40. The minimum Gasteiger partial charge on any atom is -0.494 e. The van der Waals surface area contributed by atoms with E-state index in [-0.39, 0.29) is 6.61 Å². The highest BCUT2D eigenvalue weighted by atomic mass is 16.5. The summed E-state index contributed by atoms with van der Waals surface area (Å²) in [4.78, 5) is 28.5. The van der Waals surface area contributed by atoms with Crippen molar-refractivity contribution in [1.29, 1.82) is 0 Å². The molecule has 2 rings (SSSR count). The van der Waals surface area contributed by atoms with Crippen molar-refractivity contribution < 1.29 is 19.1 Å². The van der Waals surface area contributed by atoms with Gasteiger partial charge in [-0.25, -0.2) is 9.59 Å². The second-order valence-corrected chi connectivity index (χ2v) is 5.51. The second-order valence-electron chi connectivity index (χ2n) is 5.51. The summed E-state index contributed by atoms with van der Waals surface area (Å²) in [5, 5.41) is 5.44. The number of rotatable bonds is 6. The maximum Gasteiger partial charge on any atom is 0.340 e. The summed E-state index contributed by atoms with van der Waals surface area (Å²) in [5.41, 5.74) is 2.56. The Morgan fingerprint density at radius 3 is 2.31 bits per heavy atom. The molecule has 0 fully saturated rings. The van der Waals surface area contributed by atoms with Gasteiger partial charge in [0.1, 0.15) is 5.75 Å². The summed E-state index contributed by atoms with van der Waals surface area (Å²) in [7, 11) is 0.